The average Bonchev–Trinajstić information content (AvgIpc) is 2.74. The van der Waals surface area contributed by atoms with Gasteiger partial charge in [-0.1, -0.05) is 36.4 Å². The molecule has 6 heteroatoms. The van der Waals surface area contributed by atoms with Crippen LogP contribution in [0.5, 0.6) is 0 Å². The van der Waals surface area contributed by atoms with Gasteiger partial charge < -0.3 is 19.3 Å². The zero-order valence-corrected chi connectivity index (χ0v) is 16.8. The van der Waals surface area contributed by atoms with Crippen molar-refractivity contribution in [3.05, 3.63) is 77.9 Å². The summed E-state index contributed by atoms with van der Waals surface area (Å²) in [6, 6.07) is 12.0. The smallest absolute Gasteiger partial charge is 0.342 e. The first-order valence-electron chi connectivity index (χ1n) is 9.50. The number of benzene rings is 1. The van der Waals surface area contributed by atoms with Crippen LogP contribution in [0.3, 0.4) is 0 Å². The molecule has 0 fully saturated rings. The Kier molecular flexibility index (Phi) is 9.45. The number of hydrogen-bond donors (Lipinski definition) is 1. The lowest BCUT2D eigenvalue weighted by molar-refractivity contribution is -0.132. The quantitative estimate of drug-likeness (QED) is 0.244. The number of ether oxygens (including phenoxy) is 3. The molecule has 2 rings (SSSR count). The van der Waals surface area contributed by atoms with Gasteiger partial charge in [0.2, 0.25) is 0 Å². The van der Waals surface area contributed by atoms with Gasteiger partial charge in [0.1, 0.15) is 17.6 Å². The van der Waals surface area contributed by atoms with Gasteiger partial charge >= 0.3 is 5.97 Å². The highest BCUT2D eigenvalue weighted by atomic mass is 16.5. The first-order valence-corrected chi connectivity index (χ1v) is 9.50. The molecule has 1 N–H and O–H groups in total. The Morgan fingerprint density at radius 3 is 2.69 bits per heavy atom. The van der Waals surface area contributed by atoms with Crippen LogP contribution in [-0.2, 0) is 25.6 Å². The number of aromatic nitrogens is 1. The van der Waals surface area contributed by atoms with Crippen molar-refractivity contribution in [1.29, 1.82) is 0 Å². The number of methoxy groups -OCH3 is 1. The summed E-state index contributed by atoms with van der Waals surface area (Å²) in [4.78, 5) is 15.9. The van der Waals surface area contributed by atoms with E-state index in [2.05, 4.69) is 4.98 Å². The van der Waals surface area contributed by atoms with E-state index in [-0.39, 0.29) is 11.3 Å². The normalized spacial score (nSPS) is 12.5. The molecule has 0 aliphatic carbocycles. The highest BCUT2D eigenvalue weighted by molar-refractivity contribution is 5.90. The Morgan fingerprint density at radius 2 is 1.93 bits per heavy atom. The Hall–Kier alpha value is -3.12. The van der Waals surface area contributed by atoms with Gasteiger partial charge in [-0.05, 0) is 38.0 Å². The second-order valence-electron chi connectivity index (χ2n) is 6.22. The van der Waals surface area contributed by atoms with Crippen LogP contribution in [-0.4, -0.2) is 36.4 Å². The molecule has 0 bridgehead atoms. The molecular formula is C23H27NO5. The maximum atomic E-state index is 11.4. The Bertz CT molecular complexity index is 886. The van der Waals surface area contributed by atoms with Gasteiger partial charge in [-0.3, -0.25) is 4.98 Å². The first kappa shape index (κ1) is 22.2. The number of rotatable bonds is 12. The molecule has 1 aromatic carbocycles. The molecule has 0 saturated heterocycles. The fraction of sp³-hybridized carbons (Fsp3) is 0.304. The number of pyridine rings is 1. The van der Waals surface area contributed by atoms with E-state index >= 15 is 0 Å². The first-order chi connectivity index (χ1) is 14.2. The molecule has 0 aliphatic heterocycles. The maximum Gasteiger partial charge on any atom is 0.342 e. The Labute approximate surface area is 171 Å². The number of fused-ring (bicyclic) bond motifs is 1. The Balaban J connectivity index is 1.70. The predicted molar refractivity (Wildman–Crippen MR) is 112 cm³/mol. The highest BCUT2D eigenvalue weighted by Gasteiger charge is 2.14. The van der Waals surface area contributed by atoms with Crippen LogP contribution >= 0.6 is 0 Å². The lowest BCUT2D eigenvalue weighted by atomic mass is 10.2. The van der Waals surface area contributed by atoms with Gasteiger partial charge in [0.15, 0.2) is 0 Å². The number of carboxylic acids is 1. The predicted octanol–water partition coefficient (Wildman–Crippen LogP) is 4.62. The topological polar surface area (TPSA) is 77.9 Å². The van der Waals surface area contributed by atoms with Crippen LogP contribution in [0, 0.1) is 0 Å². The minimum atomic E-state index is -1.10. The fourth-order valence-electron chi connectivity index (χ4n) is 2.56. The minimum Gasteiger partial charge on any atom is -0.500 e. The number of carbonyl (C=O) groups is 1. The van der Waals surface area contributed by atoms with E-state index in [1.807, 2.05) is 43.3 Å². The molecule has 6 nitrogen and oxygen atoms in total. The molecule has 0 atom stereocenters. The zero-order valence-electron chi connectivity index (χ0n) is 16.8. The fourth-order valence-corrected chi connectivity index (χ4v) is 2.56. The lowest BCUT2D eigenvalue weighted by Gasteiger charge is -2.08. The number of hydrogen-bond acceptors (Lipinski definition) is 5. The van der Waals surface area contributed by atoms with Crippen molar-refractivity contribution in [2.24, 2.45) is 0 Å². The number of unbranched alkanes of at least 4 members (excludes halogenated alkanes) is 1. The third kappa shape index (κ3) is 7.43. The van der Waals surface area contributed by atoms with Crippen LogP contribution in [0.1, 0.15) is 25.5 Å². The number of para-hydroxylation sites is 1. The van der Waals surface area contributed by atoms with E-state index in [0.717, 1.165) is 29.4 Å². The molecule has 0 spiro atoms. The third-order valence-corrected chi connectivity index (χ3v) is 4.06. The van der Waals surface area contributed by atoms with E-state index < -0.39 is 5.97 Å². The van der Waals surface area contributed by atoms with E-state index in [1.54, 1.807) is 18.2 Å². The summed E-state index contributed by atoms with van der Waals surface area (Å²) < 4.78 is 16.2. The SMILES string of the molecule is C\C=C/C=C(OC)\C(=C\OCCCCOCc1ccc2ccccc2n1)C(=O)O. The summed E-state index contributed by atoms with van der Waals surface area (Å²) in [5.41, 5.74) is 1.83. The van der Waals surface area contributed by atoms with Gasteiger partial charge in [-0.25, -0.2) is 4.79 Å². The summed E-state index contributed by atoms with van der Waals surface area (Å²) in [5.74, 6) is -0.865. The third-order valence-electron chi connectivity index (χ3n) is 4.06. The molecule has 2 aromatic rings. The van der Waals surface area contributed by atoms with Crippen LogP contribution in [0.2, 0.25) is 0 Å². The monoisotopic (exact) mass is 397 g/mol. The average molecular weight is 397 g/mol. The van der Waals surface area contributed by atoms with Crippen molar-refractivity contribution in [2.45, 2.75) is 26.4 Å². The summed E-state index contributed by atoms with van der Waals surface area (Å²) in [5, 5.41) is 10.4. The minimum absolute atomic E-state index is 0.0239. The molecule has 0 aliphatic rings. The molecule has 0 radical (unpaired) electrons. The van der Waals surface area contributed by atoms with Crippen molar-refractivity contribution < 1.29 is 24.1 Å². The van der Waals surface area contributed by atoms with Crippen molar-refractivity contribution in [2.75, 3.05) is 20.3 Å². The largest absolute Gasteiger partial charge is 0.500 e. The number of allylic oxidation sites excluding steroid dienone is 3. The van der Waals surface area contributed by atoms with E-state index in [4.69, 9.17) is 14.2 Å². The van der Waals surface area contributed by atoms with Crippen LogP contribution in [0.4, 0.5) is 0 Å². The summed E-state index contributed by atoms with van der Waals surface area (Å²) in [7, 11) is 1.42. The van der Waals surface area contributed by atoms with Crippen LogP contribution < -0.4 is 0 Å². The molecule has 0 saturated carbocycles. The van der Waals surface area contributed by atoms with Gasteiger partial charge in [-0.15, -0.1) is 0 Å². The van der Waals surface area contributed by atoms with Crippen molar-refractivity contribution in [3.63, 3.8) is 0 Å². The number of aliphatic carboxylic acids is 1. The van der Waals surface area contributed by atoms with E-state index in [0.29, 0.717) is 19.8 Å². The second-order valence-corrected chi connectivity index (χ2v) is 6.22. The summed E-state index contributed by atoms with van der Waals surface area (Å²) in [6.45, 7) is 3.27. The molecule has 0 unspecified atom stereocenters. The molecule has 154 valence electrons. The molecule has 1 heterocycles. The lowest BCUT2D eigenvalue weighted by Crippen LogP contribution is -2.06. The maximum absolute atomic E-state index is 11.4. The summed E-state index contributed by atoms with van der Waals surface area (Å²) >= 11 is 0. The molecular weight excluding hydrogens is 370 g/mol. The number of nitrogens with zero attached hydrogens (tertiary/aromatic N) is 1. The number of carboxylic acid groups (broad SMARTS) is 1. The Morgan fingerprint density at radius 1 is 1.14 bits per heavy atom. The van der Waals surface area contributed by atoms with Gasteiger partial charge in [0.05, 0.1) is 31.5 Å². The zero-order chi connectivity index (χ0) is 20.9. The van der Waals surface area contributed by atoms with E-state index in [9.17, 15) is 9.90 Å². The van der Waals surface area contributed by atoms with Gasteiger partial charge in [-0.2, -0.15) is 0 Å². The van der Waals surface area contributed by atoms with Crippen molar-refractivity contribution in [3.8, 4) is 0 Å². The van der Waals surface area contributed by atoms with Crippen molar-refractivity contribution in [1.82, 2.24) is 4.98 Å². The second kappa shape index (κ2) is 12.4. The molecule has 1 aromatic heterocycles. The van der Waals surface area contributed by atoms with E-state index in [1.165, 1.54) is 13.4 Å². The van der Waals surface area contributed by atoms with Gasteiger partial charge in [0, 0.05) is 12.0 Å². The van der Waals surface area contributed by atoms with Gasteiger partial charge in [0.25, 0.3) is 0 Å². The molecule has 0 amide bonds. The standard InChI is InChI=1S/C23H27NO5/c1-3-4-11-22(27-2)20(23(25)26)17-29-15-8-7-14-28-16-19-13-12-18-9-5-6-10-21(18)24-19/h3-6,9-13,17H,7-8,14-16H2,1-2H3,(H,25,26)/b4-3-,20-17-,22-11+. The van der Waals surface area contributed by atoms with Crippen LogP contribution in [0.15, 0.2) is 72.2 Å². The van der Waals surface area contributed by atoms with Crippen molar-refractivity contribution >= 4 is 16.9 Å². The van der Waals surface area contributed by atoms with Crippen LogP contribution in [0.25, 0.3) is 10.9 Å². The highest BCUT2D eigenvalue weighted by Crippen LogP contribution is 2.13. The summed E-state index contributed by atoms with van der Waals surface area (Å²) in [6.07, 6.45) is 7.84. The molecule has 29 heavy (non-hydrogen) atoms.